The van der Waals surface area contributed by atoms with E-state index in [0.29, 0.717) is 21.9 Å². The highest BCUT2D eigenvalue weighted by Crippen LogP contribution is 2.55. The molecule has 0 aromatic heterocycles. The van der Waals surface area contributed by atoms with Crippen LogP contribution < -0.4 is 15.3 Å². The minimum Gasteiger partial charge on any atom is -0.497 e. The Kier molecular flexibility index (Phi) is 4.84. The van der Waals surface area contributed by atoms with E-state index < -0.39 is 13.0 Å². The van der Waals surface area contributed by atoms with Crippen molar-refractivity contribution >= 4 is 17.8 Å². The summed E-state index contributed by atoms with van der Waals surface area (Å²) in [6, 6.07) is 25.4. The fourth-order valence-electron chi connectivity index (χ4n) is 2.72. The van der Waals surface area contributed by atoms with Crippen LogP contribution in [0.3, 0.4) is 0 Å². The topological polar surface area (TPSA) is 46.5 Å². The second kappa shape index (κ2) is 7.04. The Morgan fingerprint density at radius 1 is 0.792 bits per heavy atom. The van der Waals surface area contributed by atoms with Crippen molar-refractivity contribution in [3.05, 3.63) is 90.5 Å². The third kappa shape index (κ3) is 3.01. The quantitative estimate of drug-likeness (QED) is 0.722. The van der Waals surface area contributed by atoms with Gasteiger partial charge in [-0.25, -0.2) is 0 Å². The van der Waals surface area contributed by atoms with Crippen LogP contribution in [0.25, 0.3) is 0 Å². The van der Waals surface area contributed by atoms with E-state index in [1.807, 2.05) is 36.4 Å². The van der Waals surface area contributed by atoms with Crippen LogP contribution in [0, 0.1) is 0 Å². The Morgan fingerprint density at radius 2 is 1.25 bits per heavy atom. The Bertz CT molecular complexity index is 786. The summed E-state index contributed by atoms with van der Waals surface area (Å²) in [5.74, 6) is -0.423. The summed E-state index contributed by atoms with van der Waals surface area (Å²) in [6.45, 7) is 0. The molecule has 3 aromatic rings. The van der Waals surface area contributed by atoms with Crippen molar-refractivity contribution in [3.8, 4) is 5.75 Å². The van der Waals surface area contributed by atoms with Gasteiger partial charge in [-0.05, 0) is 17.7 Å². The molecular formula is C20H19O3P. The van der Waals surface area contributed by atoms with Crippen molar-refractivity contribution in [2.75, 3.05) is 7.11 Å². The number of methoxy groups -OCH3 is 1. The van der Waals surface area contributed by atoms with Crippen LogP contribution in [0.4, 0.5) is 0 Å². The van der Waals surface area contributed by atoms with Crippen LogP contribution >= 0.6 is 7.14 Å². The highest BCUT2D eigenvalue weighted by atomic mass is 31.2. The fourth-order valence-corrected chi connectivity index (χ4v) is 5.40. The molecule has 0 amide bonds. The van der Waals surface area contributed by atoms with Crippen molar-refractivity contribution in [2.24, 2.45) is 0 Å². The molecular weight excluding hydrogens is 319 g/mol. The van der Waals surface area contributed by atoms with Gasteiger partial charge in [0, 0.05) is 10.6 Å². The molecule has 0 aliphatic carbocycles. The first-order chi connectivity index (χ1) is 11.7. The Labute approximate surface area is 141 Å². The first kappa shape index (κ1) is 16.5. The summed E-state index contributed by atoms with van der Waals surface area (Å²) in [5.41, 5.74) is 0.604. The maximum atomic E-state index is 14.0. The van der Waals surface area contributed by atoms with Gasteiger partial charge in [0.15, 0.2) is 7.14 Å². The van der Waals surface area contributed by atoms with E-state index >= 15 is 0 Å². The highest BCUT2D eigenvalue weighted by molar-refractivity contribution is 7.78. The smallest absolute Gasteiger partial charge is 0.174 e. The number of rotatable bonds is 5. The second-order valence-corrected chi connectivity index (χ2v) is 8.31. The van der Waals surface area contributed by atoms with Crippen LogP contribution in [0.5, 0.6) is 5.75 Å². The van der Waals surface area contributed by atoms with Gasteiger partial charge in [0.1, 0.15) is 11.6 Å². The molecule has 1 N–H and O–H groups in total. The summed E-state index contributed by atoms with van der Waals surface area (Å²) >= 11 is 0. The zero-order chi connectivity index (χ0) is 17.0. The maximum Gasteiger partial charge on any atom is 0.174 e. The molecule has 0 saturated heterocycles. The average Bonchev–Trinajstić information content (AvgIpc) is 2.68. The fraction of sp³-hybridized carbons (Fsp3) is 0.100. The summed E-state index contributed by atoms with van der Waals surface area (Å²) < 4.78 is 19.1. The Hall–Kier alpha value is -2.35. The lowest BCUT2D eigenvalue weighted by molar-refractivity contribution is 0.256. The van der Waals surface area contributed by atoms with E-state index in [1.54, 1.807) is 55.6 Å². The lowest BCUT2D eigenvalue weighted by Crippen LogP contribution is -2.21. The number of hydrogen-bond acceptors (Lipinski definition) is 3. The predicted octanol–water partition coefficient (Wildman–Crippen LogP) is 3.70. The van der Waals surface area contributed by atoms with Gasteiger partial charge in [0.2, 0.25) is 0 Å². The van der Waals surface area contributed by atoms with E-state index in [2.05, 4.69) is 0 Å². The van der Waals surface area contributed by atoms with E-state index in [1.165, 1.54) is 0 Å². The summed E-state index contributed by atoms with van der Waals surface area (Å²) in [6.07, 6.45) is 0. The molecule has 0 fully saturated rings. The van der Waals surface area contributed by atoms with Crippen molar-refractivity contribution < 1.29 is 14.4 Å². The van der Waals surface area contributed by atoms with Gasteiger partial charge in [0.05, 0.1) is 7.11 Å². The van der Waals surface area contributed by atoms with Crippen LogP contribution in [0.15, 0.2) is 84.9 Å². The molecule has 0 aliphatic rings. The van der Waals surface area contributed by atoms with Gasteiger partial charge in [-0.1, -0.05) is 72.8 Å². The predicted molar refractivity (Wildman–Crippen MR) is 97.7 cm³/mol. The SMILES string of the molecule is COc1ccc([C@@H](O)P(=O)(c2ccccc2)c2ccccc2)cc1. The molecule has 0 unspecified atom stereocenters. The molecule has 0 saturated carbocycles. The average molecular weight is 338 g/mol. The van der Waals surface area contributed by atoms with E-state index in [-0.39, 0.29) is 0 Å². The van der Waals surface area contributed by atoms with Gasteiger partial charge < -0.3 is 14.4 Å². The van der Waals surface area contributed by atoms with Crippen LogP contribution in [-0.2, 0) is 4.57 Å². The van der Waals surface area contributed by atoms with Crippen molar-refractivity contribution in [1.29, 1.82) is 0 Å². The zero-order valence-electron chi connectivity index (χ0n) is 13.4. The molecule has 0 spiro atoms. The molecule has 3 aromatic carbocycles. The number of ether oxygens (including phenoxy) is 1. The Morgan fingerprint density at radius 3 is 1.67 bits per heavy atom. The Balaban J connectivity index is 2.12. The highest BCUT2D eigenvalue weighted by Gasteiger charge is 2.36. The first-order valence-electron chi connectivity index (χ1n) is 7.69. The number of benzene rings is 3. The minimum atomic E-state index is -3.25. The third-order valence-electron chi connectivity index (χ3n) is 4.04. The van der Waals surface area contributed by atoms with Gasteiger partial charge >= 0.3 is 0 Å². The minimum absolute atomic E-state index is 0.604. The van der Waals surface area contributed by atoms with Gasteiger partial charge in [-0.2, -0.15) is 0 Å². The van der Waals surface area contributed by atoms with Gasteiger partial charge in [-0.15, -0.1) is 0 Å². The molecule has 4 heteroatoms. The molecule has 122 valence electrons. The van der Waals surface area contributed by atoms with Crippen molar-refractivity contribution in [2.45, 2.75) is 5.85 Å². The first-order valence-corrected chi connectivity index (χ1v) is 9.47. The standard InChI is InChI=1S/C20H19O3P/c1-23-17-14-12-16(13-15-17)20(21)24(22,18-8-4-2-5-9-18)19-10-6-3-7-11-19/h2-15,20-21H,1H3/t20-/m0/s1. The molecule has 3 nitrogen and oxygen atoms in total. The monoisotopic (exact) mass is 338 g/mol. The molecule has 24 heavy (non-hydrogen) atoms. The number of hydrogen-bond donors (Lipinski definition) is 1. The second-order valence-electron chi connectivity index (χ2n) is 5.48. The van der Waals surface area contributed by atoms with E-state index in [4.69, 9.17) is 4.74 Å². The van der Waals surface area contributed by atoms with Crippen LogP contribution in [0.2, 0.25) is 0 Å². The van der Waals surface area contributed by atoms with Crippen molar-refractivity contribution in [1.82, 2.24) is 0 Å². The van der Waals surface area contributed by atoms with Gasteiger partial charge in [0.25, 0.3) is 0 Å². The van der Waals surface area contributed by atoms with Crippen LogP contribution in [-0.4, -0.2) is 12.2 Å². The zero-order valence-corrected chi connectivity index (χ0v) is 14.3. The summed E-state index contributed by atoms with van der Waals surface area (Å²) in [4.78, 5) is 0. The van der Waals surface area contributed by atoms with E-state index in [9.17, 15) is 9.67 Å². The molecule has 0 radical (unpaired) electrons. The molecule has 0 bridgehead atoms. The third-order valence-corrected chi connectivity index (χ3v) is 7.16. The summed E-state index contributed by atoms with van der Waals surface area (Å²) in [5, 5.41) is 12.3. The largest absolute Gasteiger partial charge is 0.497 e. The lowest BCUT2D eigenvalue weighted by atomic mass is 10.2. The molecule has 3 rings (SSSR count). The maximum absolute atomic E-state index is 14.0. The molecule has 0 aliphatic heterocycles. The lowest BCUT2D eigenvalue weighted by Gasteiger charge is -2.25. The van der Waals surface area contributed by atoms with E-state index in [0.717, 1.165) is 0 Å². The normalized spacial score (nSPS) is 12.6. The number of aliphatic hydroxyl groups excluding tert-OH is 1. The van der Waals surface area contributed by atoms with Gasteiger partial charge in [-0.3, -0.25) is 0 Å². The number of aliphatic hydroxyl groups is 1. The van der Waals surface area contributed by atoms with Crippen molar-refractivity contribution in [3.63, 3.8) is 0 Å². The molecule has 0 heterocycles. The van der Waals surface area contributed by atoms with Crippen LogP contribution in [0.1, 0.15) is 11.4 Å². The molecule has 1 atom stereocenters. The summed E-state index contributed by atoms with van der Waals surface area (Å²) in [7, 11) is -1.66.